The van der Waals surface area contributed by atoms with Gasteiger partial charge in [0.25, 0.3) is 5.91 Å². The zero-order valence-corrected chi connectivity index (χ0v) is 14.1. The number of nitrogens with zero attached hydrogens (tertiary/aromatic N) is 2. The van der Waals surface area contributed by atoms with E-state index in [2.05, 4.69) is 20.6 Å². The third kappa shape index (κ3) is 6.12. The summed E-state index contributed by atoms with van der Waals surface area (Å²) in [6.07, 6.45) is 8.84. The lowest BCUT2D eigenvalue weighted by atomic mass is 9.95. The molecule has 3 rings (SSSR count). The van der Waals surface area contributed by atoms with E-state index in [1.807, 2.05) is 0 Å². The van der Waals surface area contributed by atoms with Crippen LogP contribution in [0.25, 0.3) is 0 Å². The first-order valence-corrected chi connectivity index (χ1v) is 8.82. The topological polar surface area (TPSA) is 96.4 Å². The van der Waals surface area contributed by atoms with Crippen LogP contribution in [0.3, 0.4) is 0 Å². The number of hydrogen-bond acceptors (Lipinski definition) is 6. The highest BCUT2D eigenvalue weighted by molar-refractivity contribution is 5.96. The minimum Gasteiger partial charge on any atom is -0.480 e. The van der Waals surface area contributed by atoms with E-state index >= 15 is 0 Å². The van der Waals surface area contributed by atoms with Crippen LogP contribution in [0.1, 0.15) is 76.6 Å². The summed E-state index contributed by atoms with van der Waals surface area (Å²) in [5.74, 6) is 0.571. The molecule has 1 aromatic heterocycles. The van der Waals surface area contributed by atoms with Gasteiger partial charge in [-0.1, -0.05) is 27.7 Å². The van der Waals surface area contributed by atoms with Crippen molar-refractivity contribution in [3.8, 4) is 5.88 Å². The van der Waals surface area contributed by atoms with Gasteiger partial charge < -0.3 is 20.5 Å². The maximum absolute atomic E-state index is 12.6. The molecule has 148 valence electrons. The second-order valence-corrected chi connectivity index (χ2v) is 6.72. The maximum Gasteiger partial charge on any atom is 0.258 e. The number of anilines is 1. The quantitative estimate of drug-likeness (QED) is 0.741. The van der Waals surface area contributed by atoms with Crippen molar-refractivity contribution in [2.75, 3.05) is 12.4 Å². The Labute approximate surface area is 157 Å². The predicted octanol–water partition coefficient (Wildman–Crippen LogP) is 3.15. The van der Waals surface area contributed by atoms with Crippen molar-refractivity contribution in [1.82, 2.24) is 15.3 Å². The molecule has 0 bridgehead atoms. The predicted molar refractivity (Wildman–Crippen MR) is 104 cm³/mol. The van der Waals surface area contributed by atoms with Gasteiger partial charge in [-0.15, -0.1) is 0 Å². The molecule has 2 atom stereocenters. The summed E-state index contributed by atoms with van der Waals surface area (Å²) in [6.45, 7) is 0. The van der Waals surface area contributed by atoms with Crippen LogP contribution in [0.2, 0.25) is 0 Å². The third-order valence-corrected chi connectivity index (χ3v) is 4.63. The van der Waals surface area contributed by atoms with Crippen LogP contribution in [0, 0.1) is 0 Å². The Bertz CT molecular complexity index is 578. The van der Waals surface area contributed by atoms with Crippen LogP contribution in [-0.2, 0) is 0 Å². The second-order valence-electron chi connectivity index (χ2n) is 6.72. The molecule has 7 nitrogen and oxygen atoms in total. The number of rotatable bonds is 5. The molecule has 0 radical (unpaired) electrons. The summed E-state index contributed by atoms with van der Waals surface area (Å²) in [5, 5.41) is 16.0. The average Bonchev–Trinajstić information content (AvgIpc) is 3.38. The zero-order valence-electron chi connectivity index (χ0n) is 14.1. The van der Waals surface area contributed by atoms with Gasteiger partial charge >= 0.3 is 0 Å². The lowest BCUT2D eigenvalue weighted by Gasteiger charge is -2.23. The molecule has 3 N–H and O–H groups in total. The molecular formula is C19H34N4O3. The molecule has 0 aromatic carbocycles. The molecule has 1 aromatic rings. The number of aromatic nitrogens is 2. The highest BCUT2D eigenvalue weighted by Gasteiger charge is 2.24. The fourth-order valence-electron chi connectivity index (χ4n) is 3.02. The van der Waals surface area contributed by atoms with E-state index in [-0.39, 0.29) is 38.8 Å². The van der Waals surface area contributed by atoms with E-state index in [0.29, 0.717) is 17.6 Å². The number of methoxy groups -OCH3 is 1. The van der Waals surface area contributed by atoms with E-state index in [4.69, 9.17) is 4.74 Å². The largest absolute Gasteiger partial charge is 0.480 e. The Hall–Kier alpha value is -1.89. The van der Waals surface area contributed by atoms with Gasteiger partial charge in [-0.25, -0.2) is 4.98 Å². The SMILES string of the molecule is C.C.COc1nc(NC2CC2)ncc1C(=O)N[C@@H]1CCCC[C@H](O)CC1. The Balaban J connectivity index is 0.00000169. The first kappa shape index (κ1) is 22.2. The van der Waals surface area contributed by atoms with Crippen LogP contribution in [0.15, 0.2) is 6.20 Å². The molecular weight excluding hydrogens is 332 g/mol. The minimum absolute atomic E-state index is 0. The lowest BCUT2D eigenvalue weighted by molar-refractivity contribution is 0.0906. The summed E-state index contributed by atoms with van der Waals surface area (Å²) in [5.41, 5.74) is 0.349. The van der Waals surface area contributed by atoms with Crippen LogP contribution >= 0.6 is 0 Å². The molecule has 0 spiro atoms. The molecule has 2 aliphatic carbocycles. The van der Waals surface area contributed by atoms with Crippen LogP contribution in [0.5, 0.6) is 5.88 Å². The molecule has 2 fully saturated rings. The van der Waals surface area contributed by atoms with Crippen molar-refractivity contribution in [3.63, 3.8) is 0 Å². The Morgan fingerprint density at radius 3 is 2.50 bits per heavy atom. The zero-order chi connectivity index (χ0) is 16.9. The molecule has 0 aliphatic heterocycles. The Kier molecular flexibility index (Phi) is 8.78. The van der Waals surface area contributed by atoms with Crippen molar-refractivity contribution in [2.24, 2.45) is 0 Å². The van der Waals surface area contributed by atoms with Crippen molar-refractivity contribution >= 4 is 11.9 Å². The third-order valence-electron chi connectivity index (χ3n) is 4.63. The van der Waals surface area contributed by atoms with Crippen molar-refractivity contribution in [2.45, 2.75) is 84.4 Å². The van der Waals surface area contributed by atoms with Gasteiger partial charge in [0.15, 0.2) is 0 Å². The van der Waals surface area contributed by atoms with Crippen LogP contribution < -0.4 is 15.4 Å². The molecule has 1 amide bonds. The number of carbonyl (C=O) groups excluding carboxylic acids is 1. The molecule has 26 heavy (non-hydrogen) atoms. The molecule has 7 heteroatoms. The van der Waals surface area contributed by atoms with E-state index < -0.39 is 0 Å². The van der Waals surface area contributed by atoms with E-state index in [9.17, 15) is 9.90 Å². The van der Waals surface area contributed by atoms with Gasteiger partial charge in [0.05, 0.1) is 13.2 Å². The van der Waals surface area contributed by atoms with Gasteiger partial charge in [0.1, 0.15) is 5.56 Å². The van der Waals surface area contributed by atoms with E-state index in [0.717, 1.165) is 51.4 Å². The second kappa shape index (κ2) is 10.3. The van der Waals surface area contributed by atoms with Crippen LogP contribution in [-0.4, -0.2) is 46.3 Å². The van der Waals surface area contributed by atoms with Gasteiger partial charge in [-0.3, -0.25) is 4.79 Å². The summed E-state index contributed by atoms with van der Waals surface area (Å²) in [7, 11) is 1.51. The van der Waals surface area contributed by atoms with Gasteiger partial charge in [0, 0.05) is 18.3 Å². The smallest absolute Gasteiger partial charge is 0.258 e. The van der Waals surface area contributed by atoms with Crippen LogP contribution in [0.4, 0.5) is 5.95 Å². The van der Waals surface area contributed by atoms with Gasteiger partial charge in [-0.05, 0) is 38.5 Å². The number of nitrogens with one attached hydrogen (secondary N) is 2. The summed E-state index contributed by atoms with van der Waals surface area (Å²) in [4.78, 5) is 21.1. The number of aliphatic hydroxyl groups is 1. The number of hydrogen-bond donors (Lipinski definition) is 3. The maximum atomic E-state index is 12.6. The molecule has 1 heterocycles. The van der Waals surface area contributed by atoms with E-state index in [1.54, 1.807) is 0 Å². The first-order valence-electron chi connectivity index (χ1n) is 8.82. The fourth-order valence-corrected chi connectivity index (χ4v) is 3.02. The first-order chi connectivity index (χ1) is 11.7. The summed E-state index contributed by atoms with van der Waals surface area (Å²) in [6, 6.07) is 0.511. The number of amides is 1. The molecule has 2 saturated carbocycles. The molecule has 2 aliphatic rings. The highest BCUT2D eigenvalue weighted by Crippen LogP contribution is 2.25. The number of carbonyl (C=O) groups is 1. The van der Waals surface area contributed by atoms with Crippen molar-refractivity contribution in [3.05, 3.63) is 11.8 Å². The van der Waals surface area contributed by atoms with Crippen molar-refractivity contribution in [1.29, 1.82) is 0 Å². The Morgan fingerprint density at radius 1 is 1.12 bits per heavy atom. The van der Waals surface area contributed by atoms with Gasteiger partial charge in [-0.2, -0.15) is 4.98 Å². The standard InChI is InChI=1S/C17H26N4O3.2CH4/c1-24-16-14(10-18-17(21-16)20-12-6-7-12)15(23)19-11-4-2-3-5-13(22)9-8-11;;/h10-13,22H,2-9H2,1H3,(H,19,23)(H,18,20,21);2*1H4/t11-,13+;;/m1../s1. The van der Waals surface area contributed by atoms with Gasteiger partial charge in [0.2, 0.25) is 11.8 Å². The van der Waals surface area contributed by atoms with Crippen molar-refractivity contribution < 1.29 is 14.6 Å². The molecule has 0 unspecified atom stereocenters. The van der Waals surface area contributed by atoms with E-state index in [1.165, 1.54) is 13.3 Å². The number of aliphatic hydroxyl groups excluding tert-OH is 1. The normalized spacial score (nSPS) is 22.7. The summed E-state index contributed by atoms with van der Waals surface area (Å²) < 4.78 is 5.27. The highest BCUT2D eigenvalue weighted by atomic mass is 16.5. The Morgan fingerprint density at radius 2 is 1.81 bits per heavy atom. The lowest BCUT2D eigenvalue weighted by Crippen LogP contribution is -2.36. The summed E-state index contributed by atoms with van der Waals surface area (Å²) >= 11 is 0. The average molecular weight is 367 g/mol. The monoisotopic (exact) mass is 366 g/mol. The number of ether oxygens (including phenoxy) is 1. The minimum atomic E-state index is -0.254. The fraction of sp³-hybridized carbons (Fsp3) is 0.737. The molecule has 0 saturated heterocycles.